The summed E-state index contributed by atoms with van der Waals surface area (Å²) in [6, 6.07) is 15.0. The van der Waals surface area contributed by atoms with E-state index >= 15 is 0 Å². The van der Waals surface area contributed by atoms with E-state index in [9.17, 15) is 4.79 Å². The molecule has 0 bridgehead atoms. The predicted octanol–water partition coefficient (Wildman–Crippen LogP) is 4.31. The van der Waals surface area contributed by atoms with Crippen LogP contribution in [0.5, 0.6) is 11.6 Å². The molecule has 1 aliphatic heterocycles. The smallest absolute Gasteiger partial charge is 0.341 e. The number of anilines is 3. The second-order valence-corrected chi connectivity index (χ2v) is 8.25. The van der Waals surface area contributed by atoms with E-state index in [-0.39, 0.29) is 5.88 Å². The van der Waals surface area contributed by atoms with Crippen molar-refractivity contribution in [3.8, 4) is 11.6 Å². The third-order valence-electron chi connectivity index (χ3n) is 5.20. The summed E-state index contributed by atoms with van der Waals surface area (Å²) in [5, 5.41) is 3.20. The van der Waals surface area contributed by atoms with Gasteiger partial charge in [-0.1, -0.05) is 12.1 Å². The van der Waals surface area contributed by atoms with Crippen molar-refractivity contribution in [2.75, 3.05) is 50.6 Å². The van der Waals surface area contributed by atoms with Crippen molar-refractivity contribution in [1.82, 2.24) is 14.9 Å². The molecule has 3 aromatic rings. The molecule has 2 aromatic carbocycles. The molecule has 8 nitrogen and oxygen atoms in total. The van der Waals surface area contributed by atoms with Gasteiger partial charge in [0.2, 0.25) is 11.8 Å². The largest absolute Gasteiger partial charge is 0.465 e. The van der Waals surface area contributed by atoms with Crippen LogP contribution in [0.25, 0.3) is 0 Å². The summed E-state index contributed by atoms with van der Waals surface area (Å²) in [5.74, 6) is 0.532. The molecular weight excluding hydrogens is 474 g/mol. The Bertz CT molecular complexity index is 1090. The van der Waals surface area contributed by atoms with Crippen LogP contribution in [0.1, 0.15) is 10.4 Å². The Hall–Kier alpha value is -3.17. The van der Waals surface area contributed by atoms with Crippen LogP contribution in [0.3, 0.4) is 0 Å². The molecule has 1 N–H and O–H groups in total. The summed E-state index contributed by atoms with van der Waals surface area (Å²) in [6.45, 7) is 4.17. The lowest BCUT2D eigenvalue weighted by Crippen LogP contribution is -2.44. The van der Waals surface area contributed by atoms with Gasteiger partial charge in [0.25, 0.3) is 0 Å². The molecule has 4 rings (SSSR count). The van der Waals surface area contributed by atoms with Gasteiger partial charge in [0.1, 0.15) is 11.3 Å². The van der Waals surface area contributed by atoms with Crippen molar-refractivity contribution in [3.05, 3.63) is 64.8 Å². The normalized spacial score (nSPS) is 14.2. The van der Waals surface area contributed by atoms with Gasteiger partial charge in [0.15, 0.2) is 0 Å². The zero-order valence-corrected chi connectivity index (χ0v) is 19.5. The van der Waals surface area contributed by atoms with Gasteiger partial charge in [-0.05, 0) is 59.4 Å². The van der Waals surface area contributed by atoms with Gasteiger partial charge in [-0.3, -0.25) is 0 Å². The average molecular weight is 498 g/mol. The number of ether oxygens (including phenoxy) is 2. The average Bonchev–Trinajstić information content (AvgIpc) is 2.82. The highest BCUT2D eigenvalue weighted by atomic mass is 79.9. The van der Waals surface area contributed by atoms with Crippen LogP contribution >= 0.6 is 15.9 Å². The number of carbonyl (C=O) groups excluding carboxylic acids is 1. The summed E-state index contributed by atoms with van der Waals surface area (Å²) in [6.07, 6.45) is 1.60. The first kappa shape index (κ1) is 22.0. The first-order valence-corrected chi connectivity index (χ1v) is 11.0. The highest BCUT2D eigenvalue weighted by Crippen LogP contribution is 2.31. The number of rotatable bonds is 6. The number of aromatic nitrogens is 2. The van der Waals surface area contributed by atoms with E-state index in [0.717, 1.165) is 31.9 Å². The lowest BCUT2D eigenvalue weighted by atomic mass is 10.2. The SMILES string of the molecule is COC(=O)c1ccccc1Oc1nc(Nc2ccc(N3CCN(C)CC3)cc2)ncc1Br. The number of hydrogen-bond donors (Lipinski definition) is 1. The van der Waals surface area contributed by atoms with Gasteiger partial charge in [-0.2, -0.15) is 4.98 Å². The van der Waals surface area contributed by atoms with Gasteiger partial charge in [0, 0.05) is 37.6 Å². The van der Waals surface area contributed by atoms with Crippen LogP contribution < -0.4 is 15.0 Å². The van der Waals surface area contributed by atoms with Crippen molar-refractivity contribution in [1.29, 1.82) is 0 Å². The molecule has 1 aliphatic rings. The number of benzene rings is 2. The van der Waals surface area contributed by atoms with Crippen LogP contribution in [-0.2, 0) is 4.74 Å². The number of nitrogens with zero attached hydrogens (tertiary/aromatic N) is 4. The molecule has 0 atom stereocenters. The summed E-state index contributed by atoms with van der Waals surface area (Å²) >= 11 is 3.41. The van der Waals surface area contributed by atoms with Crippen LogP contribution in [0, 0.1) is 0 Å². The molecule has 1 fully saturated rings. The fourth-order valence-electron chi connectivity index (χ4n) is 3.37. The summed E-state index contributed by atoms with van der Waals surface area (Å²) < 4.78 is 11.3. The van der Waals surface area contributed by atoms with Crippen molar-refractivity contribution in [2.45, 2.75) is 0 Å². The van der Waals surface area contributed by atoms with Gasteiger partial charge >= 0.3 is 5.97 Å². The number of para-hydroxylation sites is 1. The van der Waals surface area contributed by atoms with E-state index in [1.165, 1.54) is 12.8 Å². The molecule has 0 saturated carbocycles. The minimum absolute atomic E-state index is 0.285. The van der Waals surface area contributed by atoms with Crippen molar-refractivity contribution in [3.63, 3.8) is 0 Å². The molecule has 0 unspecified atom stereocenters. The van der Waals surface area contributed by atoms with Crippen molar-refractivity contribution >= 4 is 39.2 Å². The topological polar surface area (TPSA) is 79.8 Å². The van der Waals surface area contributed by atoms with Crippen LogP contribution in [0.2, 0.25) is 0 Å². The lowest BCUT2D eigenvalue weighted by Gasteiger charge is -2.34. The van der Waals surface area contributed by atoms with Gasteiger partial charge < -0.3 is 24.6 Å². The van der Waals surface area contributed by atoms with Crippen LogP contribution in [-0.4, -0.2) is 61.2 Å². The number of carbonyl (C=O) groups is 1. The molecule has 9 heteroatoms. The maximum Gasteiger partial charge on any atom is 0.341 e. The molecule has 0 aliphatic carbocycles. The minimum atomic E-state index is -0.482. The molecule has 0 spiro atoms. The summed E-state index contributed by atoms with van der Waals surface area (Å²) in [4.78, 5) is 25.5. The molecule has 1 saturated heterocycles. The second-order valence-electron chi connectivity index (χ2n) is 7.40. The fourth-order valence-corrected chi connectivity index (χ4v) is 3.64. The Balaban J connectivity index is 1.48. The van der Waals surface area contributed by atoms with E-state index < -0.39 is 5.97 Å². The highest BCUT2D eigenvalue weighted by Gasteiger charge is 2.16. The molecule has 2 heterocycles. The third kappa shape index (κ3) is 5.17. The second kappa shape index (κ2) is 9.97. The third-order valence-corrected chi connectivity index (χ3v) is 5.75. The van der Waals surface area contributed by atoms with Crippen LogP contribution in [0.15, 0.2) is 59.2 Å². The molecule has 0 radical (unpaired) electrons. The maximum atomic E-state index is 12.0. The standard InChI is InChI=1S/C23H24BrN5O3/c1-28-11-13-29(14-12-28)17-9-7-16(8-10-17)26-23-25-15-19(24)21(27-23)32-20-6-4-3-5-18(20)22(30)31-2/h3-10,15H,11-14H2,1-2H3,(H,25,26,27). The first-order valence-electron chi connectivity index (χ1n) is 10.2. The first-order chi connectivity index (χ1) is 15.5. The minimum Gasteiger partial charge on any atom is -0.465 e. The highest BCUT2D eigenvalue weighted by molar-refractivity contribution is 9.10. The number of hydrogen-bond acceptors (Lipinski definition) is 8. The Labute approximate surface area is 195 Å². The van der Waals surface area contributed by atoms with E-state index in [1.807, 2.05) is 12.1 Å². The monoisotopic (exact) mass is 497 g/mol. The molecule has 32 heavy (non-hydrogen) atoms. The Morgan fingerprint density at radius 2 is 1.78 bits per heavy atom. The number of likely N-dealkylation sites (N-methyl/N-ethyl adjacent to an activating group) is 1. The predicted molar refractivity (Wildman–Crippen MR) is 127 cm³/mol. The fraction of sp³-hybridized carbons (Fsp3) is 0.261. The number of nitrogens with one attached hydrogen (secondary N) is 1. The Kier molecular flexibility index (Phi) is 6.87. The molecular formula is C23H24BrN5O3. The Morgan fingerprint density at radius 3 is 2.50 bits per heavy atom. The van der Waals surface area contributed by atoms with Crippen molar-refractivity contribution in [2.24, 2.45) is 0 Å². The van der Waals surface area contributed by atoms with Gasteiger partial charge in [-0.25, -0.2) is 9.78 Å². The number of esters is 1. The van der Waals surface area contributed by atoms with E-state index in [0.29, 0.717) is 21.7 Å². The molecule has 166 valence electrons. The Morgan fingerprint density at radius 1 is 1.06 bits per heavy atom. The number of piperazine rings is 1. The van der Waals surface area contributed by atoms with Gasteiger partial charge in [0.05, 0.1) is 17.8 Å². The molecule has 0 amide bonds. The zero-order valence-electron chi connectivity index (χ0n) is 17.9. The van der Waals surface area contributed by atoms with E-state index in [2.05, 4.69) is 60.2 Å². The summed E-state index contributed by atoms with van der Waals surface area (Å²) in [7, 11) is 3.48. The molecule has 1 aromatic heterocycles. The quantitative estimate of drug-likeness (QED) is 0.504. The maximum absolute atomic E-state index is 12.0. The van der Waals surface area contributed by atoms with E-state index in [1.54, 1.807) is 30.5 Å². The summed E-state index contributed by atoms with van der Waals surface area (Å²) in [5.41, 5.74) is 2.38. The number of halogens is 1. The lowest BCUT2D eigenvalue weighted by molar-refractivity contribution is 0.0598. The number of methoxy groups -OCH3 is 1. The van der Waals surface area contributed by atoms with Gasteiger partial charge in [-0.15, -0.1) is 0 Å². The van der Waals surface area contributed by atoms with E-state index in [4.69, 9.17) is 9.47 Å². The van der Waals surface area contributed by atoms with Crippen LogP contribution in [0.4, 0.5) is 17.3 Å². The zero-order chi connectivity index (χ0) is 22.5. The van der Waals surface area contributed by atoms with Crippen molar-refractivity contribution < 1.29 is 14.3 Å².